The fraction of sp³-hybridized carbons (Fsp3) is 0.238. The molecule has 0 spiro atoms. The van der Waals surface area contributed by atoms with E-state index in [1.807, 2.05) is 24.3 Å². The van der Waals surface area contributed by atoms with E-state index in [0.717, 1.165) is 10.9 Å². The molecular weight excluding hydrogens is 360 g/mol. The fourth-order valence-electron chi connectivity index (χ4n) is 3.07. The lowest BCUT2D eigenvalue weighted by atomic mass is 10.0. The molecule has 28 heavy (non-hydrogen) atoms. The number of para-hydroxylation sites is 1. The number of carbonyl (C=O) groups excluding carboxylic acids is 2. The third kappa shape index (κ3) is 3.93. The largest absolute Gasteiger partial charge is 0.493 e. The van der Waals surface area contributed by atoms with E-state index >= 15 is 0 Å². The van der Waals surface area contributed by atoms with Gasteiger partial charge in [0.2, 0.25) is 0 Å². The highest BCUT2D eigenvalue weighted by Crippen LogP contribution is 2.31. The van der Waals surface area contributed by atoms with E-state index in [1.165, 1.54) is 14.2 Å². The zero-order chi connectivity index (χ0) is 20.1. The number of fused-ring (bicyclic) bond motifs is 1. The van der Waals surface area contributed by atoms with Crippen LogP contribution in [0.15, 0.2) is 48.7 Å². The van der Waals surface area contributed by atoms with E-state index in [4.69, 9.17) is 14.2 Å². The topological polar surface area (TPSA) is 89.7 Å². The number of nitrogens with one attached hydrogen (secondary N) is 2. The average molecular weight is 382 g/mol. The third-order valence-electron chi connectivity index (χ3n) is 4.55. The Balaban J connectivity index is 1.92. The van der Waals surface area contributed by atoms with Gasteiger partial charge in [-0.05, 0) is 23.8 Å². The van der Waals surface area contributed by atoms with Crippen molar-refractivity contribution in [2.24, 2.45) is 0 Å². The number of hydrogen-bond donors (Lipinski definition) is 2. The highest BCUT2D eigenvalue weighted by Gasteiger charge is 2.22. The zero-order valence-corrected chi connectivity index (χ0v) is 15.9. The number of ether oxygens (including phenoxy) is 3. The summed E-state index contributed by atoms with van der Waals surface area (Å²) < 4.78 is 15.4. The Morgan fingerprint density at radius 1 is 1.04 bits per heavy atom. The molecule has 0 radical (unpaired) electrons. The molecule has 3 rings (SSSR count). The molecule has 1 aromatic heterocycles. The first-order valence-electron chi connectivity index (χ1n) is 8.73. The first kappa shape index (κ1) is 19.3. The summed E-state index contributed by atoms with van der Waals surface area (Å²) in [4.78, 5) is 27.9. The number of benzene rings is 2. The van der Waals surface area contributed by atoms with Gasteiger partial charge in [0, 0.05) is 17.1 Å². The quantitative estimate of drug-likeness (QED) is 0.613. The molecule has 146 valence electrons. The van der Waals surface area contributed by atoms with Crippen LogP contribution in [0.4, 0.5) is 0 Å². The molecule has 7 heteroatoms. The summed E-state index contributed by atoms with van der Waals surface area (Å²) in [6, 6.07) is 12.2. The predicted octanol–water partition coefficient (Wildman–Crippen LogP) is 3.22. The highest BCUT2D eigenvalue weighted by atomic mass is 16.5. The van der Waals surface area contributed by atoms with Gasteiger partial charge in [0.1, 0.15) is 0 Å². The maximum atomic E-state index is 12.9. The van der Waals surface area contributed by atoms with Crippen molar-refractivity contribution in [3.63, 3.8) is 0 Å². The summed E-state index contributed by atoms with van der Waals surface area (Å²) in [6.07, 6.45) is 1.64. The summed E-state index contributed by atoms with van der Waals surface area (Å²) in [7, 11) is 4.39. The molecule has 0 unspecified atom stereocenters. The molecule has 2 aromatic carbocycles. The maximum Gasteiger partial charge on any atom is 0.307 e. The molecule has 3 aromatic rings. The number of amides is 1. The molecule has 7 nitrogen and oxygen atoms in total. The highest BCUT2D eigenvalue weighted by molar-refractivity contribution is 6.06. The van der Waals surface area contributed by atoms with Crippen molar-refractivity contribution in [3.05, 3.63) is 59.8 Å². The summed E-state index contributed by atoms with van der Waals surface area (Å²) in [5.74, 6) is 0.349. The van der Waals surface area contributed by atoms with Crippen LogP contribution in [-0.2, 0) is 9.53 Å². The van der Waals surface area contributed by atoms with E-state index in [2.05, 4.69) is 10.3 Å². The van der Waals surface area contributed by atoms with E-state index in [-0.39, 0.29) is 12.3 Å². The second-order valence-corrected chi connectivity index (χ2v) is 6.17. The Hall–Kier alpha value is -3.48. The Morgan fingerprint density at radius 2 is 1.79 bits per heavy atom. The van der Waals surface area contributed by atoms with Crippen LogP contribution in [-0.4, -0.2) is 38.2 Å². The minimum atomic E-state index is -0.589. The van der Waals surface area contributed by atoms with Crippen molar-refractivity contribution in [2.45, 2.75) is 12.5 Å². The molecule has 0 saturated heterocycles. The number of rotatable bonds is 7. The number of aromatic amines is 1. The second-order valence-electron chi connectivity index (χ2n) is 6.17. The molecule has 0 aliphatic carbocycles. The number of esters is 1. The Morgan fingerprint density at radius 3 is 2.50 bits per heavy atom. The molecule has 0 saturated carbocycles. The molecule has 2 N–H and O–H groups in total. The van der Waals surface area contributed by atoms with E-state index in [0.29, 0.717) is 22.6 Å². The van der Waals surface area contributed by atoms with Gasteiger partial charge < -0.3 is 24.5 Å². The summed E-state index contributed by atoms with van der Waals surface area (Å²) >= 11 is 0. The van der Waals surface area contributed by atoms with Crippen molar-refractivity contribution < 1.29 is 23.8 Å². The van der Waals surface area contributed by atoms with Gasteiger partial charge in [0.05, 0.1) is 39.4 Å². The molecule has 0 bridgehead atoms. The van der Waals surface area contributed by atoms with Gasteiger partial charge in [0.15, 0.2) is 11.5 Å². The first-order valence-corrected chi connectivity index (χ1v) is 8.73. The number of aromatic nitrogens is 1. The molecule has 0 aliphatic heterocycles. The van der Waals surface area contributed by atoms with Crippen molar-refractivity contribution in [3.8, 4) is 11.5 Å². The summed E-state index contributed by atoms with van der Waals surface area (Å²) in [5.41, 5.74) is 2.07. The molecule has 1 heterocycles. The lowest BCUT2D eigenvalue weighted by Gasteiger charge is -2.19. The van der Waals surface area contributed by atoms with E-state index < -0.39 is 12.0 Å². The van der Waals surface area contributed by atoms with Crippen LogP contribution in [0.2, 0.25) is 0 Å². The van der Waals surface area contributed by atoms with Crippen LogP contribution in [0.5, 0.6) is 11.5 Å². The van der Waals surface area contributed by atoms with Gasteiger partial charge in [-0.1, -0.05) is 24.3 Å². The maximum absolute atomic E-state index is 12.9. The van der Waals surface area contributed by atoms with Gasteiger partial charge in [-0.25, -0.2) is 0 Å². The van der Waals surface area contributed by atoms with Crippen LogP contribution in [0.3, 0.4) is 0 Å². The zero-order valence-electron chi connectivity index (χ0n) is 15.9. The van der Waals surface area contributed by atoms with Gasteiger partial charge in [-0.2, -0.15) is 0 Å². The van der Waals surface area contributed by atoms with Crippen LogP contribution < -0.4 is 14.8 Å². The lowest BCUT2D eigenvalue weighted by molar-refractivity contribution is -0.141. The van der Waals surface area contributed by atoms with Crippen molar-refractivity contribution in [1.82, 2.24) is 10.3 Å². The third-order valence-corrected chi connectivity index (χ3v) is 4.55. The van der Waals surface area contributed by atoms with Gasteiger partial charge in [-0.3, -0.25) is 9.59 Å². The van der Waals surface area contributed by atoms with Gasteiger partial charge in [0.25, 0.3) is 5.91 Å². The smallest absolute Gasteiger partial charge is 0.307 e. The standard InChI is InChI=1S/C21H22N2O5/c1-26-18-9-8-13(10-19(18)27-2)17(11-20(24)28-3)23-21(25)15-12-22-16-7-5-4-6-14(15)16/h4-10,12,17,22H,11H2,1-3H3,(H,23,25)/t17-/m1/s1. The Labute approximate surface area is 162 Å². The second kappa shape index (κ2) is 8.47. The molecule has 0 fully saturated rings. The van der Waals surface area contributed by atoms with E-state index in [9.17, 15) is 9.59 Å². The van der Waals surface area contributed by atoms with Crippen molar-refractivity contribution in [2.75, 3.05) is 21.3 Å². The molecular formula is C21H22N2O5. The minimum Gasteiger partial charge on any atom is -0.493 e. The molecule has 1 amide bonds. The Kier molecular flexibility index (Phi) is 5.84. The first-order chi connectivity index (χ1) is 13.6. The minimum absolute atomic E-state index is 0.0138. The SMILES string of the molecule is COC(=O)C[C@@H](NC(=O)c1c[nH]c2ccccc12)c1ccc(OC)c(OC)c1. The molecule has 0 aliphatic rings. The monoisotopic (exact) mass is 382 g/mol. The van der Waals surface area contributed by atoms with Crippen molar-refractivity contribution in [1.29, 1.82) is 0 Å². The van der Waals surface area contributed by atoms with Crippen LogP contribution >= 0.6 is 0 Å². The van der Waals surface area contributed by atoms with Crippen LogP contribution in [0.25, 0.3) is 10.9 Å². The Bertz CT molecular complexity index is 995. The van der Waals surface area contributed by atoms with Crippen LogP contribution in [0.1, 0.15) is 28.4 Å². The fourth-order valence-corrected chi connectivity index (χ4v) is 3.07. The number of H-pyrrole nitrogens is 1. The van der Waals surface area contributed by atoms with Gasteiger partial charge >= 0.3 is 5.97 Å². The number of hydrogen-bond acceptors (Lipinski definition) is 5. The predicted molar refractivity (Wildman–Crippen MR) is 105 cm³/mol. The number of methoxy groups -OCH3 is 3. The number of carbonyl (C=O) groups is 2. The van der Waals surface area contributed by atoms with E-state index in [1.54, 1.807) is 31.5 Å². The summed E-state index contributed by atoms with van der Waals surface area (Å²) in [6.45, 7) is 0. The average Bonchev–Trinajstić information content (AvgIpc) is 3.16. The molecule has 1 atom stereocenters. The van der Waals surface area contributed by atoms with Gasteiger partial charge in [-0.15, -0.1) is 0 Å². The van der Waals surface area contributed by atoms with Crippen LogP contribution in [0, 0.1) is 0 Å². The van der Waals surface area contributed by atoms with Crippen molar-refractivity contribution >= 4 is 22.8 Å². The lowest BCUT2D eigenvalue weighted by Crippen LogP contribution is -2.30. The summed E-state index contributed by atoms with van der Waals surface area (Å²) in [5, 5.41) is 3.74. The normalized spacial score (nSPS) is 11.7.